The molecule has 9 aromatic carbocycles. The summed E-state index contributed by atoms with van der Waals surface area (Å²) in [4.78, 5) is 0. The first-order chi connectivity index (χ1) is 23.6. The Labute approximate surface area is 335 Å². The van der Waals surface area contributed by atoms with Gasteiger partial charge < -0.3 is 24.8 Å². The Balaban J connectivity index is 0.000000180. The zero-order chi connectivity index (χ0) is 32.9. The molecule has 9 rings (SSSR count). The van der Waals surface area contributed by atoms with Crippen molar-refractivity contribution in [2.75, 3.05) is 0 Å². The van der Waals surface area contributed by atoms with Gasteiger partial charge in [0.2, 0.25) is 0 Å². The molecule has 2 radical (unpaired) electrons. The molecule has 0 heterocycles. The maximum absolute atomic E-state index is 2.28. The number of hydrogen-bond donors (Lipinski definition) is 0. The zero-order valence-corrected chi connectivity index (χ0v) is 35.1. The summed E-state index contributed by atoms with van der Waals surface area (Å²) in [6.07, 6.45) is 0. The second-order valence-corrected chi connectivity index (χ2v) is 13.3. The first-order valence-corrected chi connectivity index (χ1v) is 18.1. The average Bonchev–Trinajstić information content (AvgIpc) is 3.66. The van der Waals surface area contributed by atoms with Gasteiger partial charge in [0.05, 0.1) is 9.52 Å². The van der Waals surface area contributed by atoms with E-state index in [1.54, 1.807) is 0 Å². The van der Waals surface area contributed by atoms with Gasteiger partial charge in [0.25, 0.3) is 0 Å². The number of fused-ring (bicyclic) bond motifs is 4. The molecular weight excluding hydrogens is 842 g/mol. The van der Waals surface area contributed by atoms with Gasteiger partial charge in [-0.25, -0.2) is 0 Å². The summed E-state index contributed by atoms with van der Waals surface area (Å²) in [5.41, 5.74) is 8.11. The molecule has 0 aromatic heterocycles. The quantitative estimate of drug-likeness (QED) is 0.142. The molecule has 0 amide bonds. The maximum atomic E-state index is 2.28. The molecule has 0 spiro atoms. The van der Waals surface area contributed by atoms with Crippen molar-refractivity contribution in [3.8, 4) is 22.3 Å². The summed E-state index contributed by atoms with van der Waals surface area (Å²) in [6, 6.07) is 62.7. The molecule has 0 fully saturated rings. The summed E-state index contributed by atoms with van der Waals surface area (Å²) in [5, 5.41) is 12.0. The van der Waals surface area contributed by atoms with Gasteiger partial charge in [-0.05, 0) is 21.5 Å². The van der Waals surface area contributed by atoms with Crippen LogP contribution in [-0.4, -0.2) is 9.52 Å². The Morgan fingerprint density at radius 3 is 1.16 bits per heavy atom. The molecule has 0 nitrogen and oxygen atoms in total. The Morgan fingerprint density at radius 2 is 0.745 bits per heavy atom. The van der Waals surface area contributed by atoms with Crippen LogP contribution >= 0.6 is 0 Å². The minimum Gasteiger partial charge on any atom is -1.00 e. The second-order valence-electron chi connectivity index (χ2n) is 12.2. The van der Waals surface area contributed by atoms with Gasteiger partial charge in [0.1, 0.15) is 0 Å². The van der Waals surface area contributed by atoms with Crippen molar-refractivity contribution in [1.82, 2.24) is 0 Å². The Bertz CT molecular complexity index is 2310. The number of halogens is 2. The Kier molecular flexibility index (Phi) is 14.4. The standard InChI is InChI=1S/2C20H15.C7H8Si.2ClH.Hf/c2*1-14-13-16-8-3-5-11-18(16)20(14)19-12-6-9-15-7-2-4-10-17(15)19;1-8-7-5-3-2-4-6-7;;;/h2*2-13H,1H3;2-6H,1H3;2*1H;/q2*-1;;;;+4/p-2. The molecule has 0 aliphatic carbocycles. The average molecular weight is 880 g/mol. The van der Waals surface area contributed by atoms with E-state index in [0.717, 1.165) is 9.52 Å². The molecule has 0 bridgehead atoms. The van der Waals surface area contributed by atoms with Crippen LogP contribution in [0.3, 0.4) is 0 Å². The first kappa shape index (κ1) is 39.7. The summed E-state index contributed by atoms with van der Waals surface area (Å²) in [7, 11) is 0.930. The van der Waals surface area contributed by atoms with Crippen molar-refractivity contribution >= 4 is 57.8 Å². The van der Waals surface area contributed by atoms with Crippen LogP contribution in [0.5, 0.6) is 0 Å². The van der Waals surface area contributed by atoms with E-state index in [4.69, 9.17) is 0 Å². The van der Waals surface area contributed by atoms with Crippen molar-refractivity contribution < 1.29 is 50.7 Å². The Morgan fingerprint density at radius 1 is 0.392 bits per heavy atom. The molecule has 0 N–H and O–H groups in total. The third-order valence-corrected chi connectivity index (χ3v) is 10.1. The van der Waals surface area contributed by atoms with Crippen LogP contribution in [0.1, 0.15) is 11.1 Å². The molecule has 0 unspecified atom stereocenters. The fraction of sp³-hybridized carbons (Fsp3) is 0.0638. The number of rotatable bonds is 3. The largest absolute Gasteiger partial charge is 4.00 e. The van der Waals surface area contributed by atoms with Crippen LogP contribution in [0.15, 0.2) is 176 Å². The zero-order valence-electron chi connectivity index (χ0n) is 29.0. The van der Waals surface area contributed by atoms with Crippen molar-refractivity contribution in [3.05, 3.63) is 187 Å². The topological polar surface area (TPSA) is 0 Å². The minimum atomic E-state index is 0. The predicted molar refractivity (Wildman–Crippen MR) is 212 cm³/mol. The van der Waals surface area contributed by atoms with E-state index < -0.39 is 0 Å². The number of hydrogen-bond acceptors (Lipinski definition) is 0. The number of aryl methyl sites for hydroxylation is 2. The van der Waals surface area contributed by atoms with Crippen LogP contribution in [0.25, 0.3) is 65.3 Å². The molecule has 0 aliphatic heterocycles. The fourth-order valence-corrected chi connectivity index (χ4v) is 7.47. The molecule has 0 saturated heterocycles. The van der Waals surface area contributed by atoms with Crippen molar-refractivity contribution in [3.63, 3.8) is 0 Å². The van der Waals surface area contributed by atoms with Gasteiger partial charge in [-0.2, -0.15) is 0 Å². The van der Waals surface area contributed by atoms with Gasteiger partial charge in [0, 0.05) is 0 Å². The van der Waals surface area contributed by atoms with Crippen LogP contribution in [0.4, 0.5) is 0 Å². The maximum Gasteiger partial charge on any atom is 4.00 e. The van der Waals surface area contributed by atoms with Gasteiger partial charge in [0.15, 0.2) is 0 Å². The smallest absolute Gasteiger partial charge is 1.00 e. The SMILES string of the molecule is C[Si]c1ccccc1.Cc1[cH-]c2ccccc2c1-c1cccc2ccccc12.Cc1[cH-]c2ccccc2c1-c1cccc2ccccc12.[Cl-].[Cl-].[Hf+4]. The molecule has 9 aromatic rings. The minimum absolute atomic E-state index is 0. The Hall–Kier alpha value is -4.05. The second kappa shape index (κ2) is 18.4. The van der Waals surface area contributed by atoms with Crippen molar-refractivity contribution in [1.29, 1.82) is 0 Å². The normalized spacial score (nSPS) is 10.3. The monoisotopic (exact) mass is 880 g/mol. The predicted octanol–water partition coefficient (Wildman–Crippen LogP) is 6.44. The van der Waals surface area contributed by atoms with E-state index in [0.29, 0.717) is 0 Å². The van der Waals surface area contributed by atoms with E-state index in [1.807, 2.05) is 6.07 Å². The fourth-order valence-electron chi connectivity index (χ4n) is 6.94. The van der Waals surface area contributed by atoms with Crippen LogP contribution in [0, 0.1) is 13.8 Å². The number of benzene rings is 7. The molecule has 0 atom stereocenters. The van der Waals surface area contributed by atoms with Gasteiger partial charge in [-0.3, -0.25) is 0 Å². The van der Waals surface area contributed by atoms with E-state index in [9.17, 15) is 0 Å². The van der Waals surface area contributed by atoms with Crippen LogP contribution in [0.2, 0.25) is 6.55 Å². The van der Waals surface area contributed by atoms with Gasteiger partial charge >= 0.3 is 25.8 Å². The van der Waals surface area contributed by atoms with Crippen molar-refractivity contribution in [2.45, 2.75) is 20.4 Å². The summed E-state index contributed by atoms with van der Waals surface area (Å²) in [6.45, 7) is 6.60. The van der Waals surface area contributed by atoms with Gasteiger partial charge in [-0.15, -0.1) is 92.3 Å². The molecular formula is C47H38Cl2HfSi. The van der Waals surface area contributed by atoms with E-state index in [2.05, 4.69) is 190 Å². The summed E-state index contributed by atoms with van der Waals surface area (Å²) < 4.78 is 0. The summed E-state index contributed by atoms with van der Waals surface area (Å²) in [5.74, 6) is 0. The summed E-state index contributed by atoms with van der Waals surface area (Å²) >= 11 is 0. The molecule has 248 valence electrons. The van der Waals surface area contributed by atoms with Crippen molar-refractivity contribution in [2.24, 2.45) is 0 Å². The van der Waals surface area contributed by atoms with Crippen LogP contribution in [-0.2, 0) is 25.8 Å². The third-order valence-electron chi connectivity index (χ3n) is 9.17. The molecule has 0 aliphatic rings. The van der Waals surface area contributed by atoms with E-state index in [-0.39, 0.29) is 50.7 Å². The molecule has 0 saturated carbocycles. The third kappa shape index (κ3) is 8.54. The first-order valence-electron chi connectivity index (χ1n) is 16.6. The molecule has 51 heavy (non-hydrogen) atoms. The van der Waals surface area contributed by atoms with Gasteiger partial charge in [-0.1, -0.05) is 164 Å². The van der Waals surface area contributed by atoms with Crippen LogP contribution < -0.4 is 30.0 Å². The van der Waals surface area contributed by atoms with E-state index >= 15 is 0 Å². The molecule has 4 heteroatoms. The van der Waals surface area contributed by atoms with E-state index in [1.165, 1.54) is 81.7 Å².